The van der Waals surface area contributed by atoms with Gasteiger partial charge in [-0.1, -0.05) is 48.7 Å². The molecule has 1 aromatic heterocycles. The maximum atomic E-state index is 13.6. The van der Waals surface area contributed by atoms with Gasteiger partial charge in [-0.2, -0.15) is 12.7 Å². The second-order valence-corrected chi connectivity index (χ2v) is 11.3. The molecule has 1 saturated heterocycles. The van der Waals surface area contributed by atoms with Crippen LogP contribution in [0.15, 0.2) is 60.4 Å². The average molecular weight is 509 g/mol. The van der Waals surface area contributed by atoms with E-state index >= 15 is 0 Å². The largest absolute Gasteiger partial charge is 0.337 e. The van der Waals surface area contributed by atoms with Crippen LogP contribution < -0.4 is 5.32 Å². The van der Waals surface area contributed by atoms with Crippen LogP contribution in [-0.4, -0.2) is 60.6 Å². The smallest absolute Gasteiger partial charge is 0.307 e. The van der Waals surface area contributed by atoms with E-state index in [9.17, 15) is 18.0 Å². The number of benzene rings is 2. The van der Waals surface area contributed by atoms with Crippen molar-refractivity contribution in [2.75, 3.05) is 27.2 Å². The molecule has 0 saturated carbocycles. The van der Waals surface area contributed by atoms with Crippen molar-refractivity contribution < 1.29 is 18.0 Å². The molecule has 9 heteroatoms. The highest BCUT2D eigenvalue weighted by Crippen LogP contribution is 2.26. The Labute approximate surface area is 212 Å². The molecule has 3 aromatic rings. The van der Waals surface area contributed by atoms with Crippen LogP contribution in [0.1, 0.15) is 47.2 Å². The standard InChI is InChI=1S/C27H32N4O4S/c1-20-12-14-21(15-13-20)26(32)28-24(27(33)30-16-8-4-5-9-17-30)18-22-19-31(36(34,35)29(2)3)25-11-7-6-10-23(22)25/h6-7,10-15,18-19H,4-5,8-9,16-17H2,1-3H3,(H,28,32)/b24-18-. The zero-order valence-corrected chi connectivity index (χ0v) is 21.7. The molecule has 190 valence electrons. The van der Waals surface area contributed by atoms with Crippen LogP contribution in [0.25, 0.3) is 17.0 Å². The predicted octanol–water partition coefficient (Wildman–Crippen LogP) is 3.78. The molecule has 2 heterocycles. The molecule has 0 atom stereocenters. The highest BCUT2D eigenvalue weighted by atomic mass is 32.2. The fourth-order valence-corrected chi connectivity index (χ4v) is 5.31. The lowest BCUT2D eigenvalue weighted by atomic mass is 10.1. The van der Waals surface area contributed by atoms with Crippen LogP contribution in [0.2, 0.25) is 0 Å². The van der Waals surface area contributed by atoms with E-state index in [1.54, 1.807) is 41.3 Å². The van der Waals surface area contributed by atoms with Gasteiger partial charge in [0.15, 0.2) is 0 Å². The highest BCUT2D eigenvalue weighted by Gasteiger charge is 2.24. The number of rotatable bonds is 6. The fraction of sp³-hybridized carbons (Fsp3) is 0.333. The minimum Gasteiger partial charge on any atom is -0.337 e. The molecule has 0 unspecified atom stereocenters. The maximum absolute atomic E-state index is 13.6. The molecule has 4 rings (SSSR count). The highest BCUT2D eigenvalue weighted by molar-refractivity contribution is 7.87. The number of para-hydroxylation sites is 1. The van der Waals surface area contributed by atoms with Gasteiger partial charge in [-0.05, 0) is 44.0 Å². The third-order valence-corrected chi connectivity index (χ3v) is 8.13. The Kier molecular flexibility index (Phi) is 7.61. The number of fused-ring (bicyclic) bond motifs is 1. The second kappa shape index (κ2) is 10.7. The van der Waals surface area contributed by atoms with E-state index in [0.29, 0.717) is 35.1 Å². The lowest BCUT2D eigenvalue weighted by molar-refractivity contribution is -0.127. The van der Waals surface area contributed by atoms with E-state index in [1.165, 1.54) is 24.3 Å². The summed E-state index contributed by atoms with van der Waals surface area (Å²) in [6.45, 7) is 3.17. The summed E-state index contributed by atoms with van der Waals surface area (Å²) in [4.78, 5) is 28.5. The molecule has 2 aromatic carbocycles. The summed E-state index contributed by atoms with van der Waals surface area (Å²) in [7, 11) is -0.860. The minimum atomic E-state index is -3.80. The number of amides is 2. The van der Waals surface area contributed by atoms with Gasteiger partial charge in [0.25, 0.3) is 11.8 Å². The summed E-state index contributed by atoms with van der Waals surface area (Å²) < 4.78 is 28.3. The van der Waals surface area contributed by atoms with Gasteiger partial charge in [-0.15, -0.1) is 0 Å². The van der Waals surface area contributed by atoms with Gasteiger partial charge in [0.2, 0.25) is 0 Å². The number of likely N-dealkylation sites (tertiary alicyclic amines) is 1. The quantitative estimate of drug-likeness (QED) is 0.513. The molecule has 1 fully saturated rings. The predicted molar refractivity (Wildman–Crippen MR) is 142 cm³/mol. The molecule has 0 radical (unpaired) electrons. The Morgan fingerprint density at radius 3 is 2.22 bits per heavy atom. The first-order chi connectivity index (χ1) is 17.2. The fourth-order valence-electron chi connectivity index (χ4n) is 4.31. The Morgan fingerprint density at radius 1 is 0.944 bits per heavy atom. The number of carbonyl (C=O) groups excluding carboxylic acids is 2. The Balaban J connectivity index is 1.80. The average Bonchev–Trinajstić information content (AvgIpc) is 3.02. The van der Waals surface area contributed by atoms with E-state index < -0.39 is 16.1 Å². The van der Waals surface area contributed by atoms with Crippen LogP contribution in [0.3, 0.4) is 0 Å². The number of carbonyl (C=O) groups is 2. The molecule has 36 heavy (non-hydrogen) atoms. The van der Waals surface area contributed by atoms with E-state index in [0.717, 1.165) is 35.6 Å². The third-order valence-electron chi connectivity index (χ3n) is 6.40. The normalized spacial score (nSPS) is 15.2. The first-order valence-electron chi connectivity index (χ1n) is 12.1. The van der Waals surface area contributed by atoms with E-state index in [2.05, 4.69) is 5.32 Å². The summed E-state index contributed by atoms with van der Waals surface area (Å²) in [6.07, 6.45) is 7.02. The molecule has 1 aliphatic rings. The maximum Gasteiger partial charge on any atom is 0.307 e. The van der Waals surface area contributed by atoms with Crippen LogP contribution in [0, 0.1) is 6.92 Å². The summed E-state index contributed by atoms with van der Waals surface area (Å²) >= 11 is 0. The lowest BCUT2D eigenvalue weighted by Gasteiger charge is -2.22. The summed E-state index contributed by atoms with van der Waals surface area (Å²) in [5.74, 6) is -0.668. The molecular formula is C27H32N4O4S. The summed E-state index contributed by atoms with van der Waals surface area (Å²) in [5.41, 5.74) is 2.60. The monoisotopic (exact) mass is 508 g/mol. The zero-order valence-electron chi connectivity index (χ0n) is 20.9. The van der Waals surface area contributed by atoms with Gasteiger partial charge in [-0.3, -0.25) is 9.59 Å². The van der Waals surface area contributed by atoms with Crippen molar-refractivity contribution >= 4 is 39.0 Å². The van der Waals surface area contributed by atoms with Crippen molar-refractivity contribution in [2.45, 2.75) is 32.6 Å². The molecule has 8 nitrogen and oxygen atoms in total. The van der Waals surface area contributed by atoms with Crippen molar-refractivity contribution in [3.8, 4) is 0 Å². The van der Waals surface area contributed by atoms with Crippen molar-refractivity contribution in [2.24, 2.45) is 0 Å². The topological polar surface area (TPSA) is 91.7 Å². The Hall–Kier alpha value is -3.43. The van der Waals surface area contributed by atoms with Crippen LogP contribution in [0.5, 0.6) is 0 Å². The number of hydrogen-bond acceptors (Lipinski definition) is 4. The number of nitrogens with zero attached hydrogens (tertiary/aromatic N) is 3. The Morgan fingerprint density at radius 2 is 1.58 bits per heavy atom. The second-order valence-electron chi connectivity index (χ2n) is 9.27. The van der Waals surface area contributed by atoms with Crippen molar-refractivity contribution in [3.05, 3.63) is 77.1 Å². The van der Waals surface area contributed by atoms with E-state index in [1.807, 2.05) is 25.1 Å². The number of nitrogens with one attached hydrogen (secondary N) is 1. The SMILES string of the molecule is Cc1ccc(C(=O)N/C(=C\c2cn(S(=O)(=O)N(C)C)c3ccccc23)C(=O)N2CCCCCC2)cc1. The van der Waals surface area contributed by atoms with Crippen LogP contribution in [0.4, 0.5) is 0 Å². The molecule has 0 aliphatic carbocycles. The van der Waals surface area contributed by atoms with Crippen LogP contribution in [-0.2, 0) is 15.0 Å². The molecule has 1 N–H and O–H groups in total. The zero-order chi connectivity index (χ0) is 25.9. The van der Waals surface area contributed by atoms with E-state index in [4.69, 9.17) is 0 Å². The number of aromatic nitrogens is 1. The van der Waals surface area contributed by atoms with Crippen molar-refractivity contribution in [3.63, 3.8) is 0 Å². The summed E-state index contributed by atoms with van der Waals surface area (Å²) in [5, 5.41) is 3.48. The van der Waals surface area contributed by atoms with E-state index in [-0.39, 0.29) is 11.6 Å². The van der Waals surface area contributed by atoms with Gasteiger partial charge < -0.3 is 10.2 Å². The first kappa shape index (κ1) is 25.7. The van der Waals surface area contributed by atoms with Crippen molar-refractivity contribution in [1.29, 1.82) is 0 Å². The van der Waals surface area contributed by atoms with Gasteiger partial charge in [-0.25, -0.2) is 3.97 Å². The molecule has 2 amide bonds. The molecular weight excluding hydrogens is 476 g/mol. The number of aryl methyl sites for hydroxylation is 1. The third kappa shape index (κ3) is 5.37. The molecule has 0 spiro atoms. The van der Waals surface area contributed by atoms with Gasteiger partial charge in [0.1, 0.15) is 5.70 Å². The first-order valence-corrected chi connectivity index (χ1v) is 13.5. The molecule has 0 bridgehead atoms. The lowest BCUT2D eigenvalue weighted by Crippen LogP contribution is -2.39. The van der Waals surface area contributed by atoms with Gasteiger partial charge in [0, 0.05) is 49.9 Å². The summed E-state index contributed by atoms with van der Waals surface area (Å²) in [6, 6.07) is 14.2. The molecule has 1 aliphatic heterocycles. The van der Waals surface area contributed by atoms with Gasteiger partial charge in [0.05, 0.1) is 5.52 Å². The van der Waals surface area contributed by atoms with Gasteiger partial charge >= 0.3 is 10.2 Å². The van der Waals surface area contributed by atoms with Crippen LogP contribution >= 0.6 is 0 Å². The number of hydrogen-bond donors (Lipinski definition) is 1. The minimum absolute atomic E-state index is 0.118. The van der Waals surface area contributed by atoms with Crippen molar-refractivity contribution in [1.82, 2.24) is 18.5 Å². The Bertz CT molecular complexity index is 1400.